The minimum Gasteiger partial charge on any atom is -0.477 e. The minimum atomic E-state index is -0.985. The average Bonchev–Trinajstić information content (AvgIpc) is 2.29. The molecular formula is C12H14N2O2. The maximum absolute atomic E-state index is 10.7. The van der Waals surface area contributed by atoms with E-state index in [2.05, 4.69) is 22.9 Å². The molecule has 1 aromatic heterocycles. The van der Waals surface area contributed by atoms with Gasteiger partial charge in [0.25, 0.3) is 0 Å². The molecule has 0 amide bonds. The van der Waals surface area contributed by atoms with Crippen LogP contribution in [0.4, 0.5) is 5.69 Å². The summed E-state index contributed by atoms with van der Waals surface area (Å²) in [5, 5.41) is 8.74. The predicted molar refractivity (Wildman–Crippen MR) is 61.8 cm³/mol. The topological polar surface area (TPSA) is 53.4 Å². The molecule has 0 radical (unpaired) electrons. The van der Waals surface area contributed by atoms with Gasteiger partial charge in [0.2, 0.25) is 0 Å². The second-order valence-corrected chi connectivity index (χ2v) is 3.97. The number of carboxylic acids is 1. The first-order chi connectivity index (χ1) is 7.66. The summed E-state index contributed by atoms with van der Waals surface area (Å²) >= 11 is 0. The summed E-state index contributed by atoms with van der Waals surface area (Å²) < 4.78 is 0. The van der Waals surface area contributed by atoms with E-state index in [1.807, 2.05) is 6.07 Å². The molecule has 0 atom stereocenters. The first-order valence-electron chi connectivity index (χ1n) is 5.27. The first kappa shape index (κ1) is 10.7. The van der Waals surface area contributed by atoms with Crippen molar-refractivity contribution in [3.05, 3.63) is 35.7 Å². The van der Waals surface area contributed by atoms with Gasteiger partial charge in [-0.25, -0.2) is 9.78 Å². The highest BCUT2D eigenvalue weighted by atomic mass is 16.4. The third-order valence-corrected chi connectivity index (χ3v) is 2.66. The molecule has 0 unspecified atom stereocenters. The number of pyridine rings is 1. The van der Waals surface area contributed by atoms with Crippen molar-refractivity contribution < 1.29 is 9.90 Å². The summed E-state index contributed by atoms with van der Waals surface area (Å²) in [6, 6.07) is 3.36. The predicted octanol–water partition coefficient (Wildman–Crippen LogP) is 1.94. The SMILES string of the molecule is CC1=CCCN(c2ccc(C(=O)O)nc2)C1. The van der Waals surface area contributed by atoms with Crippen molar-refractivity contribution in [3.63, 3.8) is 0 Å². The lowest BCUT2D eigenvalue weighted by Gasteiger charge is -2.27. The smallest absolute Gasteiger partial charge is 0.354 e. The molecule has 0 fully saturated rings. The van der Waals surface area contributed by atoms with Crippen LogP contribution in [0.5, 0.6) is 0 Å². The molecule has 2 heterocycles. The van der Waals surface area contributed by atoms with Gasteiger partial charge in [0.05, 0.1) is 11.9 Å². The zero-order chi connectivity index (χ0) is 11.5. The molecule has 84 valence electrons. The van der Waals surface area contributed by atoms with Gasteiger partial charge in [-0.05, 0) is 25.5 Å². The molecule has 4 nitrogen and oxygen atoms in total. The Bertz CT molecular complexity index is 423. The van der Waals surface area contributed by atoms with E-state index in [1.165, 1.54) is 5.57 Å². The van der Waals surface area contributed by atoms with Gasteiger partial charge in [-0.3, -0.25) is 0 Å². The number of hydrogen-bond donors (Lipinski definition) is 1. The second kappa shape index (κ2) is 4.35. The molecular weight excluding hydrogens is 204 g/mol. The maximum atomic E-state index is 10.7. The number of aromatic carboxylic acids is 1. The summed E-state index contributed by atoms with van der Waals surface area (Å²) in [7, 11) is 0. The van der Waals surface area contributed by atoms with Crippen molar-refractivity contribution in [1.82, 2.24) is 4.98 Å². The molecule has 4 heteroatoms. The van der Waals surface area contributed by atoms with Crippen molar-refractivity contribution >= 4 is 11.7 Å². The molecule has 1 aliphatic rings. The number of hydrogen-bond acceptors (Lipinski definition) is 3. The number of aromatic nitrogens is 1. The summed E-state index contributed by atoms with van der Waals surface area (Å²) in [6.07, 6.45) is 4.89. The molecule has 2 rings (SSSR count). The molecule has 0 saturated carbocycles. The van der Waals surface area contributed by atoms with E-state index < -0.39 is 5.97 Å². The van der Waals surface area contributed by atoms with E-state index in [-0.39, 0.29) is 5.69 Å². The van der Waals surface area contributed by atoms with Gasteiger partial charge in [-0.1, -0.05) is 11.6 Å². The Morgan fingerprint density at radius 1 is 1.50 bits per heavy atom. The fourth-order valence-corrected chi connectivity index (χ4v) is 1.83. The number of rotatable bonds is 2. The number of anilines is 1. The van der Waals surface area contributed by atoms with E-state index >= 15 is 0 Å². The maximum Gasteiger partial charge on any atom is 0.354 e. The Labute approximate surface area is 94.2 Å². The quantitative estimate of drug-likeness (QED) is 0.771. The molecule has 0 aliphatic carbocycles. The zero-order valence-electron chi connectivity index (χ0n) is 9.18. The summed E-state index contributed by atoms with van der Waals surface area (Å²) in [5.74, 6) is -0.985. The number of nitrogens with zero attached hydrogens (tertiary/aromatic N) is 2. The van der Waals surface area contributed by atoms with Crippen molar-refractivity contribution in [2.45, 2.75) is 13.3 Å². The van der Waals surface area contributed by atoms with Gasteiger partial charge >= 0.3 is 5.97 Å². The van der Waals surface area contributed by atoms with Gasteiger partial charge in [-0.15, -0.1) is 0 Å². The third-order valence-electron chi connectivity index (χ3n) is 2.66. The molecule has 0 saturated heterocycles. The highest BCUT2D eigenvalue weighted by Gasteiger charge is 2.12. The van der Waals surface area contributed by atoms with E-state index in [0.29, 0.717) is 0 Å². The van der Waals surface area contributed by atoms with E-state index in [9.17, 15) is 4.79 Å². The van der Waals surface area contributed by atoms with Crippen molar-refractivity contribution in [1.29, 1.82) is 0 Å². The number of carbonyl (C=O) groups is 1. The standard InChI is InChI=1S/C12H14N2O2/c1-9-3-2-6-14(8-9)10-4-5-11(12(15)16)13-7-10/h3-5,7H,2,6,8H2,1H3,(H,15,16). The largest absolute Gasteiger partial charge is 0.477 e. The summed E-state index contributed by atoms with van der Waals surface area (Å²) in [4.78, 5) is 16.8. The molecule has 1 aromatic rings. The van der Waals surface area contributed by atoms with Crippen LogP contribution < -0.4 is 4.90 Å². The number of carboxylic acid groups (broad SMARTS) is 1. The first-order valence-corrected chi connectivity index (χ1v) is 5.27. The summed E-state index contributed by atoms with van der Waals surface area (Å²) in [6.45, 7) is 3.96. The molecule has 0 aromatic carbocycles. The van der Waals surface area contributed by atoms with E-state index in [1.54, 1.807) is 12.3 Å². The third kappa shape index (κ3) is 2.21. The molecule has 1 N–H and O–H groups in total. The normalized spacial score (nSPS) is 15.8. The van der Waals surface area contributed by atoms with Crippen LogP contribution >= 0.6 is 0 Å². The lowest BCUT2D eigenvalue weighted by molar-refractivity contribution is 0.0690. The lowest BCUT2D eigenvalue weighted by Crippen LogP contribution is -2.29. The monoisotopic (exact) mass is 218 g/mol. The van der Waals surface area contributed by atoms with Crippen LogP contribution in [0.1, 0.15) is 23.8 Å². The van der Waals surface area contributed by atoms with Crippen molar-refractivity contribution in [2.75, 3.05) is 18.0 Å². The zero-order valence-corrected chi connectivity index (χ0v) is 9.18. The fraction of sp³-hybridized carbons (Fsp3) is 0.333. The van der Waals surface area contributed by atoms with Gasteiger partial charge in [0, 0.05) is 13.1 Å². The van der Waals surface area contributed by atoms with Gasteiger partial charge < -0.3 is 10.0 Å². The van der Waals surface area contributed by atoms with Crippen molar-refractivity contribution in [2.24, 2.45) is 0 Å². The van der Waals surface area contributed by atoms with Crippen molar-refractivity contribution in [3.8, 4) is 0 Å². The van der Waals surface area contributed by atoms with Gasteiger partial charge in [-0.2, -0.15) is 0 Å². The van der Waals surface area contributed by atoms with Crippen LogP contribution in [-0.4, -0.2) is 29.1 Å². The summed E-state index contributed by atoms with van der Waals surface area (Å²) in [5.41, 5.74) is 2.42. The van der Waals surface area contributed by atoms with Gasteiger partial charge in [0.1, 0.15) is 5.69 Å². The molecule has 16 heavy (non-hydrogen) atoms. The van der Waals surface area contributed by atoms with Crippen LogP contribution in [0.15, 0.2) is 30.0 Å². The van der Waals surface area contributed by atoms with E-state index in [0.717, 1.165) is 25.2 Å². The molecule has 0 bridgehead atoms. The van der Waals surface area contributed by atoms with Crippen LogP contribution in [0.2, 0.25) is 0 Å². The van der Waals surface area contributed by atoms with Gasteiger partial charge in [0.15, 0.2) is 0 Å². The fourth-order valence-electron chi connectivity index (χ4n) is 1.83. The van der Waals surface area contributed by atoms with Crippen LogP contribution in [0, 0.1) is 0 Å². The van der Waals surface area contributed by atoms with E-state index in [4.69, 9.17) is 5.11 Å². The Balaban J connectivity index is 2.16. The molecule has 0 spiro atoms. The second-order valence-electron chi connectivity index (χ2n) is 3.97. The van der Waals surface area contributed by atoms with Crippen LogP contribution in [0.25, 0.3) is 0 Å². The Morgan fingerprint density at radius 3 is 2.88 bits per heavy atom. The minimum absolute atomic E-state index is 0.0908. The highest BCUT2D eigenvalue weighted by molar-refractivity contribution is 5.85. The Kier molecular flexibility index (Phi) is 2.90. The average molecular weight is 218 g/mol. The van der Waals surface area contributed by atoms with Crippen LogP contribution in [-0.2, 0) is 0 Å². The highest BCUT2D eigenvalue weighted by Crippen LogP contribution is 2.18. The Hall–Kier alpha value is -1.84. The van der Waals surface area contributed by atoms with Crippen LogP contribution in [0.3, 0.4) is 0 Å². The lowest BCUT2D eigenvalue weighted by atomic mass is 10.1. The Morgan fingerprint density at radius 2 is 2.31 bits per heavy atom. The molecule has 1 aliphatic heterocycles.